The van der Waals surface area contributed by atoms with E-state index in [1.165, 1.54) is 12.0 Å². The molecule has 3 heterocycles. The van der Waals surface area contributed by atoms with Gasteiger partial charge >= 0.3 is 0 Å². The molecule has 19 heavy (non-hydrogen) atoms. The van der Waals surface area contributed by atoms with Gasteiger partial charge in [-0.2, -0.15) is 0 Å². The number of halogens is 1. The minimum absolute atomic E-state index is 0. The molecule has 1 aromatic heterocycles. The maximum Gasteiger partial charge on any atom is 0.0507 e. The van der Waals surface area contributed by atoms with E-state index >= 15 is 0 Å². The van der Waals surface area contributed by atoms with E-state index < -0.39 is 0 Å². The number of nitrogens with one attached hydrogen (secondary N) is 1. The van der Waals surface area contributed by atoms with Gasteiger partial charge in [0, 0.05) is 51.2 Å². The number of nitrogens with zero attached hydrogens (tertiary/aromatic N) is 2. The molecule has 2 aliphatic heterocycles. The first-order valence-electron chi connectivity index (χ1n) is 6.86. The topological polar surface area (TPSA) is 37.4 Å². The van der Waals surface area contributed by atoms with Crippen LogP contribution in [0.4, 0.5) is 0 Å². The summed E-state index contributed by atoms with van der Waals surface area (Å²) in [5.41, 5.74) is 1.32. The maximum atomic E-state index is 5.48. The van der Waals surface area contributed by atoms with Crippen LogP contribution in [0, 0.1) is 5.92 Å². The lowest BCUT2D eigenvalue weighted by atomic mass is 10.0. The van der Waals surface area contributed by atoms with Gasteiger partial charge in [-0.1, -0.05) is 6.07 Å². The zero-order valence-corrected chi connectivity index (χ0v) is 11.9. The van der Waals surface area contributed by atoms with Crippen molar-refractivity contribution in [2.24, 2.45) is 5.92 Å². The molecule has 0 bridgehead atoms. The number of piperazine rings is 1. The van der Waals surface area contributed by atoms with Crippen molar-refractivity contribution in [3.05, 3.63) is 30.1 Å². The largest absolute Gasteiger partial charge is 0.381 e. The molecule has 106 valence electrons. The third-order valence-corrected chi connectivity index (χ3v) is 3.94. The van der Waals surface area contributed by atoms with Crippen LogP contribution in [0.25, 0.3) is 0 Å². The van der Waals surface area contributed by atoms with Crippen LogP contribution >= 0.6 is 12.4 Å². The highest BCUT2D eigenvalue weighted by Gasteiger charge is 2.27. The Morgan fingerprint density at radius 1 is 1.47 bits per heavy atom. The second kappa shape index (κ2) is 7.20. The van der Waals surface area contributed by atoms with Crippen LogP contribution in [0.2, 0.25) is 0 Å². The standard InChI is InChI=1S/C14H21N3O.ClH/c1-2-13(8-15-4-1)14-9-16-5-6-17(14)10-12-3-7-18-11-12;/h1-2,4,8,12,14,16H,3,5-7,9-11H2;1H. The van der Waals surface area contributed by atoms with E-state index in [1.807, 2.05) is 18.5 Å². The van der Waals surface area contributed by atoms with Crippen molar-refractivity contribution in [3.63, 3.8) is 0 Å². The molecular weight excluding hydrogens is 262 g/mol. The van der Waals surface area contributed by atoms with Crippen LogP contribution in [0.5, 0.6) is 0 Å². The molecule has 1 N–H and O–H groups in total. The van der Waals surface area contributed by atoms with Crippen LogP contribution < -0.4 is 5.32 Å². The molecule has 2 aliphatic rings. The Morgan fingerprint density at radius 2 is 2.42 bits per heavy atom. The Morgan fingerprint density at radius 3 is 3.16 bits per heavy atom. The van der Waals surface area contributed by atoms with Crippen molar-refractivity contribution < 1.29 is 4.74 Å². The lowest BCUT2D eigenvalue weighted by Crippen LogP contribution is -2.47. The molecule has 4 nitrogen and oxygen atoms in total. The van der Waals surface area contributed by atoms with E-state index in [4.69, 9.17) is 4.74 Å². The van der Waals surface area contributed by atoms with E-state index in [0.717, 1.165) is 39.4 Å². The third kappa shape index (κ3) is 3.66. The van der Waals surface area contributed by atoms with Gasteiger partial charge in [0.05, 0.1) is 6.61 Å². The van der Waals surface area contributed by atoms with Crippen LogP contribution in [-0.2, 0) is 4.74 Å². The highest BCUT2D eigenvalue weighted by atomic mass is 35.5. The highest BCUT2D eigenvalue weighted by Crippen LogP contribution is 2.24. The first-order valence-corrected chi connectivity index (χ1v) is 6.86. The summed E-state index contributed by atoms with van der Waals surface area (Å²) >= 11 is 0. The smallest absolute Gasteiger partial charge is 0.0507 e. The molecule has 0 spiro atoms. The molecule has 0 amide bonds. The zero-order chi connectivity index (χ0) is 12.2. The summed E-state index contributed by atoms with van der Waals surface area (Å²) in [4.78, 5) is 6.84. The third-order valence-electron chi connectivity index (χ3n) is 3.94. The van der Waals surface area contributed by atoms with Crippen LogP contribution in [0.15, 0.2) is 24.5 Å². The van der Waals surface area contributed by atoms with Gasteiger partial charge in [0.1, 0.15) is 0 Å². The van der Waals surface area contributed by atoms with Gasteiger partial charge in [-0.05, 0) is 24.0 Å². The molecule has 2 unspecified atom stereocenters. The molecule has 3 rings (SSSR count). The highest BCUT2D eigenvalue weighted by molar-refractivity contribution is 5.85. The van der Waals surface area contributed by atoms with Crippen molar-refractivity contribution in [2.45, 2.75) is 12.5 Å². The maximum absolute atomic E-state index is 5.48. The number of pyridine rings is 1. The van der Waals surface area contributed by atoms with Crippen molar-refractivity contribution in [3.8, 4) is 0 Å². The van der Waals surface area contributed by atoms with Gasteiger partial charge in [-0.15, -0.1) is 12.4 Å². The fourth-order valence-corrected chi connectivity index (χ4v) is 2.93. The van der Waals surface area contributed by atoms with E-state index in [2.05, 4.69) is 21.3 Å². The van der Waals surface area contributed by atoms with Crippen molar-refractivity contribution in [2.75, 3.05) is 39.4 Å². The van der Waals surface area contributed by atoms with Crippen LogP contribution in [-0.4, -0.2) is 49.3 Å². The quantitative estimate of drug-likeness (QED) is 0.912. The van der Waals surface area contributed by atoms with E-state index in [0.29, 0.717) is 12.0 Å². The molecule has 2 fully saturated rings. The summed E-state index contributed by atoms with van der Waals surface area (Å²) in [6.07, 6.45) is 5.05. The number of rotatable bonds is 3. The van der Waals surface area contributed by atoms with Crippen LogP contribution in [0.3, 0.4) is 0 Å². The summed E-state index contributed by atoms with van der Waals surface area (Å²) in [5.74, 6) is 0.710. The molecule has 0 aliphatic carbocycles. The van der Waals surface area contributed by atoms with Gasteiger partial charge < -0.3 is 10.1 Å². The fourth-order valence-electron chi connectivity index (χ4n) is 2.93. The molecule has 1 aromatic rings. The molecule has 2 saturated heterocycles. The summed E-state index contributed by atoms with van der Waals surface area (Å²) in [5, 5.41) is 3.49. The van der Waals surface area contributed by atoms with Crippen molar-refractivity contribution in [1.82, 2.24) is 15.2 Å². The Kier molecular flexibility index (Phi) is 5.58. The predicted molar refractivity (Wildman–Crippen MR) is 77.6 cm³/mol. The molecular formula is C14H22ClN3O. The summed E-state index contributed by atoms with van der Waals surface area (Å²) in [7, 11) is 0. The number of hydrogen-bond acceptors (Lipinski definition) is 4. The number of hydrogen-bond donors (Lipinski definition) is 1. The minimum atomic E-state index is 0. The lowest BCUT2D eigenvalue weighted by Gasteiger charge is -2.37. The van der Waals surface area contributed by atoms with Crippen molar-refractivity contribution in [1.29, 1.82) is 0 Å². The van der Waals surface area contributed by atoms with Crippen molar-refractivity contribution >= 4 is 12.4 Å². The Bertz CT molecular complexity index is 370. The molecule has 5 heteroatoms. The first-order chi connectivity index (χ1) is 8.93. The van der Waals surface area contributed by atoms with Gasteiger partial charge in [0.2, 0.25) is 0 Å². The monoisotopic (exact) mass is 283 g/mol. The molecule has 2 atom stereocenters. The Balaban J connectivity index is 0.00000133. The second-order valence-electron chi connectivity index (χ2n) is 5.23. The average Bonchev–Trinajstić information content (AvgIpc) is 2.93. The first kappa shape index (κ1) is 14.7. The van der Waals surface area contributed by atoms with Gasteiger partial charge in [0.25, 0.3) is 0 Å². The van der Waals surface area contributed by atoms with Crippen LogP contribution in [0.1, 0.15) is 18.0 Å². The lowest BCUT2D eigenvalue weighted by molar-refractivity contribution is 0.123. The summed E-state index contributed by atoms with van der Waals surface area (Å²) < 4.78 is 5.48. The Labute approximate surface area is 121 Å². The zero-order valence-electron chi connectivity index (χ0n) is 11.1. The Hall–Kier alpha value is -0.680. The molecule has 0 radical (unpaired) electrons. The normalized spacial score (nSPS) is 28.0. The molecule has 0 saturated carbocycles. The predicted octanol–water partition coefficient (Wildman–Crippen LogP) is 1.49. The second-order valence-corrected chi connectivity index (χ2v) is 5.23. The van der Waals surface area contributed by atoms with E-state index in [9.17, 15) is 0 Å². The van der Waals surface area contributed by atoms with Gasteiger partial charge in [-0.3, -0.25) is 9.88 Å². The van der Waals surface area contributed by atoms with Gasteiger partial charge in [0.15, 0.2) is 0 Å². The average molecular weight is 284 g/mol. The van der Waals surface area contributed by atoms with E-state index in [-0.39, 0.29) is 12.4 Å². The van der Waals surface area contributed by atoms with E-state index in [1.54, 1.807) is 0 Å². The summed E-state index contributed by atoms with van der Waals surface area (Å²) in [6, 6.07) is 4.68. The van der Waals surface area contributed by atoms with Gasteiger partial charge in [-0.25, -0.2) is 0 Å². The molecule has 0 aromatic carbocycles. The number of aromatic nitrogens is 1. The summed E-state index contributed by atoms with van der Waals surface area (Å²) in [6.45, 7) is 6.26. The minimum Gasteiger partial charge on any atom is -0.381 e. The SMILES string of the molecule is Cl.c1cncc(C2CNCCN2CC2CCOC2)c1. The number of ether oxygens (including phenoxy) is 1. The fraction of sp³-hybridized carbons (Fsp3) is 0.643.